The Kier molecular flexibility index (Phi) is 14.2. The van der Waals surface area contributed by atoms with Gasteiger partial charge in [0.1, 0.15) is 0 Å². The fraction of sp³-hybridized carbons (Fsp3) is 0.548. The van der Waals surface area contributed by atoms with Crippen LogP contribution in [0, 0.1) is 16.8 Å². The maximum absolute atomic E-state index is 12.7. The van der Waals surface area contributed by atoms with E-state index in [4.69, 9.17) is 0 Å². The summed E-state index contributed by atoms with van der Waals surface area (Å²) in [5.41, 5.74) is 2.31. The van der Waals surface area contributed by atoms with Crippen LogP contribution in [-0.4, -0.2) is 33.3 Å². The van der Waals surface area contributed by atoms with E-state index < -0.39 is 28.4 Å². The summed E-state index contributed by atoms with van der Waals surface area (Å²) in [6.07, 6.45) is 9.33. The van der Waals surface area contributed by atoms with E-state index in [1.54, 1.807) is 12.1 Å². The van der Waals surface area contributed by atoms with Crippen LogP contribution in [-0.2, 0) is 10.0 Å². The number of unbranched alkanes of at least 4 members (excludes halogenated alkanes) is 3. The van der Waals surface area contributed by atoms with Gasteiger partial charge < -0.3 is 0 Å². The summed E-state index contributed by atoms with van der Waals surface area (Å²) in [4.78, 5) is 0.328. The van der Waals surface area contributed by atoms with Gasteiger partial charge in [0.15, 0.2) is 0 Å². The summed E-state index contributed by atoms with van der Waals surface area (Å²) in [6.45, 7) is 9.29. The molecule has 1 N–H and O–H groups in total. The molecule has 5 heteroatoms. The maximum atomic E-state index is 12.7. The molecule has 0 aliphatic heterocycles. The molecule has 1 atom stereocenters. The van der Waals surface area contributed by atoms with Crippen molar-refractivity contribution in [1.29, 1.82) is 0 Å². The van der Waals surface area contributed by atoms with E-state index in [2.05, 4.69) is 65.7 Å². The van der Waals surface area contributed by atoms with Gasteiger partial charge in [0.25, 0.3) is 0 Å². The second kappa shape index (κ2) is 16.5. The molecule has 0 aliphatic carbocycles. The minimum absolute atomic E-state index is 0.163. The number of sulfonamides is 1. The van der Waals surface area contributed by atoms with Gasteiger partial charge in [0.2, 0.25) is 0 Å². The van der Waals surface area contributed by atoms with Crippen LogP contribution in [0.5, 0.6) is 0 Å². The molecule has 0 amide bonds. The van der Waals surface area contributed by atoms with Crippen LogP contribution in [0.1, 0.15) is 89.2 Å². The number of rotatable bonds is 16. The first-order valence-corrected chi connectivity index (χ1v) is 23.0. The molecule has 0 aliphatic rings. The molecule has 0 saturated carbocycles. The Labute approximate surface area is 225 Å². The third-order valence-corrected chi connectivity index (χ3v) is 21.7. The average molecular weight is 616 g/mol. The number of nitrogens with one attached hydrogen (secondary N) is 1. The molecule has 36 heavy (non-hydrogen) atoms. The second-order valence-corrected chi connectivity index (χ2v) is 24.2. The standard InChI is InChI=1S/C19H20NO2S.3C4H9.Sn/c1-3-17(18-8-5-4-6-9-18)10-7-15-20-23(21,22)19-13-11-16(2)12-14-19;3*1-3-4-2;/h4-6,8-9,11-14,17,20H,7,10,15H2,2H3;3*1,3-4H2,2H3;. The molecule has 198 valence electrons. The van der Waals surface area contributed by atoms with Gasteiger partial charge in [0.05, 0.1) is 0 Å². The monoisotopic (exact) mass is 617 g/mol. The zero-order valence-electron chi connectivity index (χ0n) is 23.0. The van der Waals surface area contributed by atoms with Crippen LogP contribution >= 0.6 is 0 Å². The minimum atomic E-state index is -3.48. The van der Waals surface area contributed by atoms with Crippen molar-refractivity contribution in [3.8, 4) is 9.86 Å². The average Bonchev–Trinajstić information content (AvgIpc) is 2.89. The van der Waals surface area contributed by atoms with Gasteiger partial charge in [0, 0.05) is 0 Å². The summed E-state index contributed by atoms with van der Waals surface area (Å²) in [7, 11) is -3.48. The molecule has 0 spiro atoms. The Bertz CT molecular complexity index is 1020. The molecule has 0 bridgehead atoms. The summed E-state index contributed by atoms with van der Waals surface area (Å²) < 4.78 is 36.4. The van der Waals surface area contributed by atoms with Crippen molar-refractivity contribution >= 4 is 28.4 Å². The van der Waals surface area contributed by atoms with Gasteiger partial charge in [-0.15, -0.1) is 0 Å². The van der Waals surface area contributed by atoms with Crippen LogP contribution in [0.3, 0.4) is 0 Å². The van der Waals surface area contributed by atoms with Crippen molar-refractivity contribution in [1.82, 2.24) is 4.72 Å². The van der Waals surface area contributed by atoms with E-state index in [1.165, 1.54) is 57.4 Å². The van der Waals surface area contributed by atoms with Gasteiger partial charge in [-0.3, -0.25) is 0 Å². The van der Waals surface area contributed by atoms with Crippen molar-refractivity contribution in [2.75, 3.05) is 6.54 Å². The Morgan fingerprint density at radius 1 is 0.806 bits per heavy atom. The van der Waals surface area contributed by atoms with Gasteiger partial charge in [-0.1, -0.05) is 0 Å². The van der Waals surface area contributed by atoms with Crippen molar-refractivity contribution < 1.29 is 8.42 Å². The van der Waals surface area contributed by atoms with E-state index in [0.717, 1.165) is 18.4 Å². The molecular formula is C31H47NO2SSn. The van der Waals surface area contributed by atoms with Crippen molar-refractivity contribution in [3.63, 3.8) is 0 Å². The topological polar surface area (TPSA) is 46.2 Å². The third kappa shape index (κ3) is 10.6. The van der Waals surface area contributed by atoms with E-state index in [-0.39, 0.29) is 5.92 Å². The molecule has 0 radical (unpaired) electrons. The molecule has 0 aromatic heterocycles. The third-order valence-electron chi connectivity index (χ3n) is 7.03. The fourth-order valence-electron chi connectivity index (χ4n) is 4.67. The first-order chi connectivity index (χ1) is 17.4. The van der Waals surface area contributed by atoms with Gasteiger partial charge in [-0.05, 0) is 6.92 Å². The normalized spacial score (nSPS) is 12.7. The van der Waals surface area contributed by atoms with Crippen LogP contribution in [0.4, 0.5) is 0 Å². The summed E-state index contributed by atoms with van der Waals surface area (Å²) >= 11 is -2.55. The SMILES string of the molecule is CCC[CH2][Sn]([C]#CC(CCCNS(=O)(=O)c1ccc(C)cc1)c1ccccc1)([CH2]CCC)[CH2]CCC. The number of aryl methyl sites for hydroxylation is 1. The number of hydrogen-bond donors (Lipinski definition) is 1. The number of benzene rings is 2. The van der Waals surface area contributed by atoms with Crippen LogP contribution < -0.4 is 4.72 Å². The summed E-state index contributed by atoms with van der Waals surface area (Å²) in [6, 6.07) is 17.6. The van der Waals surface area contributed by atoms with Gasteiger partial charge in [-0.25, -0.2) is 0 Å². The molecule has 0 heterocycles. The first kappa shape index (κ1) is 30.9. The molecule has 2 rings (SSSR count). The summed E-state index contributed by atoms with van der Waals surface area (Å²) in [5, 5.41) is 0. The fourth-order valence-corrected chi connectivity index (χ4v) is 19.1. The zero-order chi connectivity index (χ0) is 26.3. The number of hydrogen-bond acceptors (Lipinski definition) is 2. The molecule has 1 unspecified atom stereocenters. The molecular weight excluding hydrogens is 569 g/mol. The Hall–Kier alpha value is -1.29. The van der Waals surface area contributed by atoms with Gasteiger partial charge >= 0.3 is 220 Å². The van der Waals surface area contributed by atoms with Crippen molar-refractivity contribution in [2.45, 2.75) is 103 Å². The molecule has 2 aromatic rings. The molecule has 3 nitrogen and oxygen atoms in total. The van der Waals surface area contributed by atoms with Gasteiger partial charge in [-0.2, -0.15) is 0 Å². The van der Waals surface area contributed by atoms with E-state index >= 15 is 0 Å². The first-order valence-electron chi connectivity index (χ1n) is 14.0. The molecule has 0 fully saturated rings. The zero-order valence-corrected chi connectivity index (χ0v) is 26.7. The predicted molar refractivity (Wildman–Crippen MR) is 157 cm³/mol. The summed E-state index contributed by atoms with van der Waals surface area (Å²) in [5.74, 6) is 3.97. The Balaban J connectivity index is 2.17. The van der Waals surface area contributed by atoms with Crippen molar-refractivity contribution in [3.05, 3.63) is 65.7 Å². The van der Waals surface area contributed by atoms with Crippen LogP contribution in [0.25, 0.3) is 0 Å². The van der Waals surface area contributed by atoms with Crippen LogP contribution in [0.15, 0.2) is 59.5 Å². The quantitative estimate of drug-likeness (QED) is 0.117. The predicted octanol–water partition coefficient (Wildman–Crippen LogP) is 8.23. The molecule has 2 aromatic carbocycles. The van der Waals surface area contributed by atoms with E-state index in [9.17, 15) is 8.42 Å². The van der Waals surface area contributed by atoms with E-state index in [1.807, 2.05) is 19.1 Å². The Morgan fingerprint density at radius 2 is 1.36 bits per heavy atom. The van der Waals surface area contributed by atoms with E-state index in [0.29, 0.717) is 11.4 Å². The van der Waals surface area contributed by atoms with Crippen LogP contribution in [0.2, 0.25) is 13.3 Å². The second-order valence-electron chi connectivity index (χ2n) is 10.2. The Morgan fingerprint density at radius 3 is 1.89 bits per heavy atom. The van der Waals surface area contributed by atoms with Crippen molar-refractivity contribution in [2.24, 2.45) is 0 Å². The molecule has 0 saturated heterocycles.